The smallest absolute Gasteiger partial charge is 0.335 e. The minimum absolute atomic E-state index is 0.235. The summed E-state index contributed by atoms with van der Waals surface area (Å²) < 4.78 is 0.772. The predicted octanol–water partition coefficient (Wildman–Crippen LogP) is 6.13. The molecule has 0 amide bonds. The Kier molecular flexibility index (Phi) is 4.97. The van der Waals surface area contributed by atoms with Crippen LogP contribution in [0, 0.1) is 0 Å². The Bertz CT molecular complexity index is 1240. The molecule has 9 heteroatoms. The molecule has 0 saturated carbocycles. The van der Waals surface area contributed by atoms with E-state index < -0.39 is 5.97 Å². The van der Waals surface area contributed by atoms with E-state index in [1.54, 1.807) is 18.2 Å². The number of rotatable bonds is 5. The number of hydrogen-bond donors (Lipinski definition) is 1. The standard InChI is InChI=1S/C21H17N5O2S2/c27-19(28)14-8-9-15-16(12-14)29-20(22-15)25-24-18-17(13-6-2-1-3-7-13)23-21(30-18)26-10-4-5-11-26/h1-3,6-9,12H,4-5,10-11H2,(H,27,28)/b25-24+. The van der Waals surface area contributed by atoms with Gasteiger partial charge in [0.15, 0.2) is 10.1 Å². The molecular weight excluding hydrogens is 418 g/mol. The van der Waals surface area contributed by atoms with Crippen LogP contribution >= 0.6 is 22.7 Å². The lowest BCUT2D eigenvalue weighted by Crippen LogP contribution is -2.17. The van der Waals surface area contributed by atoms with E-state index in [2.05, 4.69) is 20.1 Å². The fourth-order valence-electron chi connectivity index (χ4n) is 3.37. The predicted molar refractivity (Wildman–Crippen MR) is 120 cm³/mol. The first-order chi connectivity index (χ1) is 14.7. The Balaban J connectivity index is 1.50. The molecule has 1 fully saturated rings. The van der Waals surface area contributed by atoms with Crippen LogP contribution in [-0.4, -0.2) is 34.1 Å². The van der Waals surface area contributed by atoms with Crippen LogP contribution in [0.25, 0.3) is 21.5 Å². The molecule has 0 radical (unpaired) electrons. The zero-order valence-electron chi connectivity index (χ0n) is 15.9. The number of fused-ring (bicyclic) bond motifs is 1. The van der Waals surface area contributed by atoms with Gasteiger partial charge >= 0.3 is 5.97 Å². The monoisotopic (exact) mass is 435 g/mol. The molecule has 7 nitrogen and oxygen atoms in total. The van der Waals surface area contributed by atoms with Crippen molar-refractivity contribution in [2.24, 2.45) is 10.2 Å². The Hall–Kier alpha value is -3.17. The molecule has 2 aromatic carbocycles. The molecule has 0 atom stereocenters. The van der Waals surface area contributed by atoms with Gasteiger partial charge in [-0.2, -0.15) is 0 Å². The van der Waals surface area contributed by atoms with Gasteiger partial charge in [-0.15, -0.1) is 10.2 Å². The van der Waals surface area contributed by atoms with Crippen molar-refractivity contribution >= 4 is 54.1 Å². The van der Waals surface area contributed by atoms with Crippen molar-refractivity contribution in [1.82, 2.24) is 9.97 Å². The zero-order chi connectivity index (χ0) is 20.5. The second-order valence-electron chi connectivity index (χ2n) is 6.89. The average Bonchev–Trinajstić information content (AvgIpc) is 3.51. The van der Waals surface area contributed by atoms with Crippen LogP contribution in [0.15, 0.2) is 58.8 Å². The Morgan fingerprint density at radius 2 is 1.80 bits per heavy atom. The van der Waals surface area contributed by atoms with Crippen molar-refractivity contribution in [2.45, 2.75) is 12.8 Å². The largest absolute Gasteiger partial charge is 0.478 e. The summed E-state index contributed by atoms with van der Waals surface area (Å²) in [5.41, 5.74) is 2.77. The number of nitrogens with zero attached hydrogens (tertiary/aromatic N) is 5. The lowest BCUT2D eigenvalue weighted by Gasteiger charge is -2.11. The minimum atomic E-state index is -0.958. The maximum atomic E-state index is 11.2. The quantitative estimate of drug-likeness (QED) is 0.381. The number of hydrogen-bond acceptors (Lipinski definition) is 8. The number of carbonyl (C=O) groups is 1. The summed E-state index contributed by atoms with van der Waals surface area (Å²) >= 11 is 2.86. The van der Waals surface area contributed by atoms with Crippen molar-refractivity contribution in [3.8, 4) is 11.3 Å². The van der Waals surface area contributed by atoms with E-state index >= 15 is 0 Å². The van der Waals surface area contributed by atoms with E-state index in [1.165, 1.54) is 35.5 Å². The zero-order valence-corrected chi connectivity index (χ0v) is 17.5. The number of aromatic nitrogens is 2. The first-order valence-corrected chi connectivity index (χ1v) is 11.2. The normalized spacial score (nSPS) is 14.2. The van der Waals surface area contributed by atoms with Gasteiger partial charge in [0.05, 0.1) is 15.8 Å². The number of anilines is 1. The third-order valence-corrected chi connectivity index (χ3v) is 6.78. The molecule has 5 rings (SSSR count). The van der Waals surface area contributed by atoms with Gasteiger partial charge in [-0.3, -0.25) is 0 Å². The van der Waals surface area contributed by atoms with Gasteiger partial charge < -0.3 is 10.0 Å². The Morgan fingerprint density at radius 1 is 1.00 bits per heavy atom. The molecule has 0 spiro atoms. The van der Waals surface area contributed by atoms with Gasteiger partial charge in [0, 0.05) is 18.7 Å². The summed E-state index contributed by atoms with van der Waals surface area (Å²) in [6, 6.07) is 14.8. The highest BCUT2D eigenvalue weighted by Crippen LogP contribution is 2.41. The molecule has 2 aromatic heterocycles. The van der Waals surface area contributed by atoms with Gasteiger partial charge in [-0.1, -0.05) is 53.0 Å². The van der Waals surface area contributed by atoms with Gasteiger partial charge in [0.25, 0.3) is 0 Å². The second-order valence-corrected chi connectivity index (χ2v) is 8.86. The first-order valence-electron chi connectivity index (χ1n) is 9.54. The summed E-state index contributed by atoms with van der Waals surface area (Å²) in [4.78, 5) is 22.8. The van der Waals surface area contributed by atoms with Crippen LogP contribution in [-0.2, 0) is 0 Å². The van der Waals surface area contributed by atoms with Crippen molar-refractivity contribution < 1.29 is 9.90 Å². The van der Waals surface area contributed by atoms with Crippen molar-refractivity contribution in [3.63, 3.8) is 0 Å². The van der Waals surface area contributed by atoms with Gasteiger partial charge in [-0.25, -0.2) is 14.8 Å². The van der Waals surface area contributed by atoms with Crippen LogP contribution in [0.4, 0.5) is 15.3 Å². The van der Waals surface area contributed by atoms with Crippen LogP contribution in [0.2, 0.25) is 0 Å². The number of carboxylic acids is 1. The molecule has 3 heterocycles. The highest BCUT2D eigenvalue weighted by molar-refractivity contribution is 7.22. The van der Waals surface area contributed by atoms with Crippen molar-refractivity contribution in [3.05, 3.63) is 54.1 Å². The van der Waals surface area contributed by atoms with Gasteiger partial charge in [-0.05, 0) is 31.0 Å². The fourth-order valence-corrected chi connectivity index (χ4v) is 5.16. The molecule has 30 heavy (non-hydrogen) atoms. The SMILES string of the molecule is O=C(O)c1ccc2nc(/N=N/c3sc(N4CCCC4)nc3-c3ccccc3)sc2c1. The van der Waals surface area contributed by atoms with Gasteiger partial charge in [0.2, 0.25) is 5.13 Å². The van der Waals surface area contributed by atoms with Crippen LogP contribution in [0.3, 0.4) is 0 Å². The summed E-state index contributed by atoms with van der Waals surface area (Å²) in [5.74, 6) is -0.958. The highest BCUT2D eigenvalue weighted by Gasteiger charge is 2.20. The third kappa shape index (κ3) is 3.69. The van der Waals surface area contributed by atoms with E-state index in [1.807, 2.05) is 30.3 Å². The van der Waals surface area contributed by atoms with Crippen molar-refractivity contribution in [1.29, 1.82) is 0 Å². The number of azo groups is 1. The Morgan fingerprint density at radius 3 is 2.57 bits per heavy atom. The summed E-state index contributed by atoms with van der Waals surface area (Å²) in [6.45, 7) is 2.03. The molecule has 150 valence electrons. The molecule has 1 aliphatic rings. The molecule has 4 aromatic rings. The van der Waals surface area contributed by atoms with Gasteiger partial charge in [0.1, 0.15) is 5.69 Å². The summed E-state index contributed by atoms with van der Waals surface area (Å²) in [7, 11) is 0. The molecule has 1 aliphatic heterocycles. The van der Waals surface area contributed by atoms with E-state index in [4.69, 9.17) is 10.1 Å². The maximum Gasteiger partial charge on any atom is 0.335 e. The third-order valence-electron chi connectivity index (χ3n) is 4.87. The number of thiazole rings is 2. The average molecular weight is 436 g/mol. The molecule has 0 unspecified atom stereocenters. The van der Waals surface area contributed by atoms with E-state index in [0.717, 1.165) is 39.2 Å². The molecule has 0 aliphatic carbocycles. The fraction of sp³-hybridized carbons (Fsp3) is 0.190. The highest BCUT2D eigenvalue weighted by atomic mass is 32.1. The van der Waals surface area contributed by atoms with Crippen LogP contribution in [0.5, 0.6) is 0 Å². The van der Waals surface area contributed by atoms with E-state index in [0.29, 0.717) is 10.6 Å². The van der Waals surface area contributed by atoms with Crippen molar-refractivity contribution in [2.75, 3.05) is 18.0 Å². The molecule has 0 bridgehead atoms. The molecular formula is C21H17N5O2S2. The number of benzene rings is 2. The summed E-state index contributed by atoms with van der Waals surface area (Å²) in [6.07, 6.45) is 2.36. The molecule has 1 saturated heterocycles. The topological polar surface area (TPSA) is 91.0 Å². The van der Waals surface area contributed by atoms with E-state index in [-0.39, 0.29) is 5.56 Å². The Labute approximate surface area is 180 Å². The lowest BCUT2D eigenvalue weighted by molar-refractivity contribution is 0.0697. The lowest BCUT2D eigenvalue weighted by atomic mass is 10.2. The van der Waals surface area contributed by atoms with Crippen LogP contribution in [0.1, 0.15) is 23.2 Å². The second kappa shape index (κ2) is 7.92. The summed E-state index contributed by atoms with van der Waals surface area (Å²) in [5, 5.41) is 20.2. The maximum absolute atomic E-state index is 11.2. The molecule has 1 N–H and O–H groups in total. The number of aromatic carboxylic acids is 1. The van der Waals surface area contributed by atoms with E-state index in [9.17, 15) is 4.79 Å². The van der Waals surface area contributed by atoms with Crippen LogP contribution < -0.4 is 4.90 Å². The first kappa shape index (κ1) is 18.8. The number of carboxylic acid groups (broad SMARTS) is 1. The minimum Gasteiger partial charge on any atom is -0.478 e.